The zero-order valence-electron chi connectivity index (χ0n) is 28.9. The summed E-state index contributed by atoms with van der Waals surface area (Å²) in [6.07, 6.45) is 2.58. The van der Waals surface area contributed by atoms with Crippen LogP contribution in [0.15, 0.2) is 72.8 Å². The van der Waals surface area contributed by atoms with Gasteiger partial charge in [-0.15, -0.1) is 0 Å². The number of aromatic amines is 1. The molecule has 0 spiro atoms. The van der Waals surface area contributed by atoms with Crippen molar-refractivity contribution in [2.75, 3.05) is 6.54 Å². The Morgan fingerprint density at radius 3 is 2.50 bits per heavy atom. The Labute approximate surface area is 292 Å². The average molecular weight is 683 g/mol. The van der Waals surface area contributed by atoms with E-state index in [4.69, 9.17) is 15.2 Å². The van der Waals surface area contributed by atoms with E-state index < -0.39 is 29.6 Å². The summed E-state index contributed by atoms with van der Waals surface area (Å²) in [5.74, 6) is -1.62. The zero-order chi connectivity index (χ0) is 35.8. The number of esters is 2. The van der Waals surface area contributed by atoms with Gasteiger partial charge >= 0.3 is 11.9 Å². The van der Waals surface area contributed by atoms with Crippen molar-refractivity contribution in [3.05, 3.63) is 101 Å². The molecule has 0 saturated heterocycles. The van der Waals surface area contributed by atoms with Crippen molar-refractivity contribution in [1.29, 1.82) is 0 Å². The Morgan fingerprint density at radius 2 is 1.74 bits per heavy atom. The lowest BCUT2D eigenvalue weighted by molar-refractivity contribution is -0.157. The summed E-state index contributed by atoms with van der Waals surface area (Å²) in [6.45, 7) is 6.03. The van der Waals surface area contributed by atoms with E-state index in [9.17, 15) is 24.3 Å². The van der Waals surface area contributed by atoms with Crippen LogP contribution in [0.1, 0.15) is 79.2 Å². The smallest absolute Gasteiger partial charge is 0.339 e. The van der Waals surface area contributed by atoms with Gasteiger partial charge in [0.2, 0.25) is 11.8 Å². The fraction of sp³-hybridized carbons (Fsp3) is 0.385. The Morgan fingerprint density at radius 1 is 1.00 bits per heavy atom. The van der Waals surface area contributed by atoms with Crippen molar-refractivity contribution < 1.29 is 33.8 Å². The van der Waals surface area contributed by atoms with Crippen molar-refractivity contribution in [2.24, 2.45) is 5.73 Å². The first-order valence-corrected chi connectivity index (χ1v) is 17.1. The van der Waals surface area contributed by atoms with Gasteiger partial charge < -0.3 is 35.5 Å². The molecule has 11 nitrogen and oxygen atoms in total. The number of para-hydroxylation sites is 1. The first-order chi connectivity index (χ1) is 23.9. The van der Waals surface area contributed by atoms with Gasteiger partial charge in [0.25, 0.3) is 0 Å². The number of H-pyrrole nitrogens is 1. The summed E-state index contributed by atoms with van der Waals surface area (Å²) in [7, 11) is 0. The van der Waals surface area contributed by atoms with Gasteiger partial charge in [0, 0.05) is 36.0 Å². The van der Waals surface area contributed by atoms with Crippen LogP contribution in [0.4, 0.5) is 0 Å². The molecule has 0 fully saturated rings. The molecule has 50 heavy (non-hydrogen) atoms. The second-order valence-electron chi connectivity index (χ2n) is 13.7. The van der Waals surface area contributed by atoms with Crippen LogP contribution in [0, 0.1) is 0 Å². The standard InChI is InChI=1S/C39H46N4O7/c1-39(2,3)50-37(47)29-21-27(44)18-17-26(29)20-31(40)36(46)41-19-11-5-8-16-35(45)43-23-33-30(28-14-9-10-15-32(28)42-33)22-34(43)38(48)49-24-25-12-6-4-7-13-25/h4,6-7,9-10,12-15,17-18,21,31,34,42,44H,5,8,11,16,19-20,22-24,40H2,1-3H3,(H,41,46)/t31-,34-/m0/s1. The first kappa shape index (κ1) is 36.1. The van der Waals surface area contributed by atoms with Gasteiger partial charge in [-0.2, -0.15) is 0 Å². The number of fused-ring (bicyclic) bond motifs is 3. The number of aromatic hydroxyl groups is 1. The number of nitrogens with one attached hydrogen (secondary N) is 2. The number of phenolic OH excluding ortho intramolecular Hbond substituents is 1. The highest BCUT2D eigenvalue weighted by Gasteiger charge is 2.37. The van der Waals surface area contributed by atoms with Crippen molar-refractivity contribution >= 4 is 34.7 Å². The van der Waals surface area contributed by atoms with E-state index in [0.29, 0.717) is 44.3 Å². The van der Waals surface area contributed by atoms with Gasteiger partial charge in [0.05, 0.1) is 18.2 Å². The van der Waals surface area contributed by atoms with Crippen LogP contribution >= 0.6 is 0 Å². The number of nitrogens with two attached hydrogens (primary N) is 1. The lowest BCUT2D eigenvalue weighted by atomic mass is 9.96. The Balaban J connectivity index is 1.11. The maximum Gasteiger partial charge on any atom is 0.339 e. The van der Waals surface area contributed by atoms with E-state index in [0.717, 1.165) is 27.7 Å². The van der Waals surface area contributed by atoms with Crippen molar-refractivity contribution in [2.45, 2.75) is 90.1 Å². The molecule has 0 unspecified atom stereocenters. The molecule has 5 N–H and O–H groups in total. The normalized spacial score (nSPS) is 14.9. The van der Waals surface area contributed by atoms with E-state index in [-0.39, 0.29) is 42.6 Å². The second kappa shape index (κ2) is 16.0. The van der Waals surface area contributed by atoms with Crippen LogP contribution in [0.2, 0.25) is 0 Å². The highest BCUT2D eigenvalue weighted by molar-refractivity contribution is 5.92. The number of amides is 2. The fourth-order valence-corrected chi connectivity index (χ4v) is 6.16. The molecule has 1 aliphatic rings. The minimum atomic E-state index is -0.922. The molecule has 2 amide bonds. The van der Waals surface area contributed by atoms with E-state index in [1.165, 1.54) is 12.1 Å². The highest BCUT2D eigenvalue weighted by Crippen LogP contribution is 2.31. The number of ether oxygens (including phenoxy) is 2. The molecule has 3 aromatic carbocycles. The molecule has 1 aromatic heterocycles. The highest BCUT2D eigenvalue weighted by atomic mass is 16.6. The molecule has 0 aliphatic carbocycles. The van der Waals surface area contributed by atoms with Gasteiger partial charge in [-0.1, -0.05) is 61.0 Å². The monoisotopic (exact) mass is 682 g/mol. The van der Waals surface area contributed by atoms with E-state index in [1.807, 2.05) is 54.6 Å². The van der Waals surface area contributed by atoms with Crippen LogP contribution in [0.5, 0.6) is 5.75 Å². The third kappa shape index (κ3) is 9.29. The summed E-state index contributed by atoms with van der Waals surface area (Å²) in [5.41, 5.74) is 9.92. The Hall–Kier alpha value is -5.16. The maximum atomic E-state index is 13.6. The van der Waals surface area contributed by atoms with Gasteiger partial charge in [0.15, 0.2) is 0 Å². The molecule has 5 rings (SSSR count). The average Bonchev–Trinajstić information content (AvgIpc) is 3.46. The Bertz CT molecular complexity index is 1830. The molecule has 2 atom stereocenters. The number of aromatic nitrogens is 1. The summed E-state index contributed by atoms with van der Waals surface area (Å²) in [6, 6.07) is 20.0. The molecular formula is C39H46N4O7. The van der Waals surface area contributed by atoms with Crippen LogP contribution < -0.4 is 11.1 Å². The number of carbonyl (C=O) groups excluding carboxylic acids is 4. The largest absolute Gasteiger partial charge is 0.508 e. The maximum absolute atomic E-state index is 13.6. The molecular weight excluding hydrogens is 636 g/mol. The predicted molar refractivity (Wildman–Crippen MR) is 189 cm³/mol. The molecule has 11 heteroatoms. The van der Waals surface area contributed by atoms with Gasteiger partial charge in [-0.3, -0.25) is 9.59 Å². The number of unbranched alkanes of at least 4 members (excludes halogenated alkanes) is 2. The molecule has 264 valence electrons. The quantitative estimate of drug-likeness (QED) is 0.112. The zero-order valence-corrected chi connectivity index (χ0v) is 28.9. The van der Waals surface area contributed by atoms with Crippen molar-refractivity contribution in [3.8, 4) is 5.75 Å². The van der Waals surface area contributed by atoms with Gasteiger partial charge in [-0.25, -0.2) is 9.59 Å². The number of hydrogen-bond donors (Lipinski definition) is 4. The summed E-state index contributed by atoms with van der Waals surface area (Å²) in [4.78, 5) is 57.5. The van der Waals surface area contributed by atoms with Crippen molar-refractivity contribution in [3.63, 3.8) is 0 Å². The van der Waals surface area contributed by atoms with Crippen LogP contribution in [-0.2, 0) is 49.9 Å². The fourth-order valence-electron chi connectivity index (χ4n) is 6.16. The topological polar surface area (TPSA) is 164 Å². The van der Waals surface area contributed by atoms with Crippen molar-refractivity contribution in [1.82, 2.24) is 15.2 Å². The summed E-state index contributed by atoms with van der Waals surface area (Å²) in [5, 5.41) is 13.8. The first-order valence-electron chi connectivity index (χ1n) is 17.1. The molecule has 2 heterocycles. The van der Waals surface area contributed by atoms with E-state index >= 15 is 0 Å². The molecule has 1 aliphatic heterocycles. The second-order valence-corrected chi connectivity index (χ2v) is 13.7. The lowest BCUT2D eigenvalue weighted by Crippen LogP contribution is -2.49. The number of nitrogens with zero attached hydrogens (tertiary/aromatic N) is 1. The number of phenols is 1. The third-order valence-corrected chi connectivity index (χ3v) is 8.68. The minimum absolute atomic E-state index is 0.0814. The van der Waals surface area contributed by atoms with Crippen LogP contribution in [0.25, 0.3) is 10.9 Å². The predicted octanol–water partition coefficient (Wildman–Crippen LogP) is 5.07. The molecule has 4 aromatic rings. The van der Waals surface area contributed by atoms with Crippen LogP contribution in [-0.4, -0.2) is 63.0 Å². The molecule has 0 bridgehead atoms. The SMILES string of the molecule is CC(C)(C)OC(=O)c1cc(O)ccc1C[C@H](N)C(=O)NCCCCCC(=O)N1Cc2[nH]c3ccccc3c2C[C@H]1C(=O)OCc1ccccc1. The lowest BCUT2D eigenvalue weighted by Gasteiger charge is -2.34. The number of rotatable bonds is 13. The van der Waals surface area contributed by atoms with Crippen LogP contribution in [0.3, 0.4) is 0 Å². The number of hydrogen-bond acceptors (Lipinski definition) is 8. The molecule has 0 radical (unpaired) electrons. The van der Waals surface area contributed by atoms with Gasteiger partial charge in [-0.05, 0) is 74.9 Å². The van der Waals surface area contributed by atoms with Gasteiger partial charge in [0.1, 0.15) is 24.0 Å². The van der Waals surface area contributed by atoms with E-state index in [2.05, 4.69) is 10.3 Å². The summed E-state index contributed by atoms with van der Waals surface area (Å²) >= 11 is 0. The van der Waals surface area contributed by atoms with E-state index in [1.54, 1.807) is 31.7 Å². The summed E-state index contributed by atoms with van der Waals surface area (Å²) < 4.78 is 11.2. The number of carbonyl (C=O) groups is 4. The third-order valence-electron chi connectivity index (χ3n) is 8.68. The number of benzene rings is 3. The Kier molecular flexibility index (Phi) is 11.6. The minimum Gasteiger partial charge on any atom is -0.508 e. The molecule has 0 saturated carbocycles.